The third-order valence-electron chi connectivity index (χ3n) is 5.21. The van der Waals surface area contributed by atoms with Gasteiger partial charge in [0.2, 0.25) is 5.95 Å². The molecule has 0 spiro atoms. The molecule has 4 heterocycles. The quantitative estimate of drug-likeness (QED) is 0.198. The molecule has 0 saturated carbocycles. The number of rotatable bonds is 8. The number of hydrogen-bond donors (Lipinski definition) is 0. The molecule has 0 aromatic carbocycles. The van der Waals surface area contributed by atoms with Crippen LogP contribution in [0.2, 0.25) is 5.15 Å². The van der Waals surface area contributed by atoms with Gasteiger partial charge in [-0.15, -0.1) is 10.2 Å². The number of halogens is 3. The molecule has 0 fully saturated rings. The molecular formula is C23H18ClF2N7O3. The Morgan fingerprint density at radius 1 is 1.08 bits per heavy atom. The van der Waals surface area contributed by atoms with Crippen LogP contribution in [-0.4, -0.2) is 46.9 Å². The number of aryl methyl sites for hydroxylation is 1. The molecule has 184 valence electrons. The number of ketones is 1. The van der Waals surface area contributed by atoms with Gasteiger partial charge in [0.25, 0.3) is 0 Å². The lowest BCUT2D eigenvalue weighted by molar-refractivity contribution is -0.148. The molecule has 0 aliphatic rings. The third-order valence-corrected chi connectivity index (χ3v) is 5.39. The first kappa shape index (κ1) is 24.9. The fraction of sp³-hybridized carbons (Fsp3) is 0.217. The van der Waals surface area contributed by atoms with Gasteiger partial charge in [-0.3, -0.25) is 19.3 Å². The van der Waals surface area contributed by atoms with Crippen molar-refractivity contribution in [2.24, 2.45) is 7.05 Å². The highest BCUT2D eigenvalue weighted by atomic mass is 35.5. The number of ether oxygens (including phenoxy) is 1. The van der Waals surface area contributed by atoms with E-state index >= 15 is 0 Å². The van der Waals surface area contributed by atoms with Gasteiger partial charge >= 0.3 is 5.97 Å². The van der Waals surface area contributed by atoms with Gasteiger partial charge in [0.05, 0.1) is 35.8 Å². The van der Waals surface area contributed by atoms with Gasteiger partial charge in [-0.1, -0.05) is 16.8 Å². The lowest BCUT2D eigenvalue weighted by atomic mass is 10.1. The largest absolute Gasteiger partial charge is 0.457 e. The normalized spacial score (nSPS) is 11.8. The number of nitrogens with zero attached hydrogens (tertiary/aromatic N) is 7. The van der Waals surface area contributed by atoms with Crippen molar-refractivity contribution in [3.05, 3.63) is 82.2 Å². The van der Waals surface area contributed by atoms with Crippen LogP contribution < -0.4 is 0 Å². The Hall–Kier alpha value is -4.19. The molecule has 36 heavy (non-hydrogen) atoms. The van der Waals surface area contributed by atoms with Gasteiger partial charge < -0.3 is 4.74 Å². The maximum Gasteiger partial charge on any atom is 0.312 e. The van der Waals surface area contributed by atoms with Crippen LogP contribution in [0.5, 0.6) is 0 Å². The third kappa shape index (κ3) is 5.71. The predicted molar refractivity (Wildman–Crippen MR) is 122 cm³/mol. The Labute approximate surface area is 208 Å². The monoisotopic (exact) mass is 513 g/mol. The number of carbonyl (C=O) groups is 2. The van der Waals surface area contributed by atoms with Crippen LogP contribution in [-0.2, 0) is 29.4 Å². The summed E-state index contributed by atoms with van der Waals surface area (Å²) in [7, 11) is 1.59. The maximum atomic E-state index is 13.9. The van der Waals surface area contributed by atoms with E-state index in [1.165, 1.54) is 24.0 Å². The van der Waals surface area contributed by atoms with Crippen LogP contribution in [0.25, 0.3) is 11.4 Å². The van der Waals surface area contributed by atoms with E-state index in [0.717, 1.165) is 12.3 Å². The Morgan fingerprint density at radius 3 is 2.61 bits per heavy atom. The molecule has 0 saturated heterocycles. The number of pyridine rings is 2. The zero-order valence-corrected chi connectivity index (χ0v) is 19.8. The van der Waals surface area contributed by atoms with Crippen molar-refractivity contribution in [1.29, 1.82) is 0 Å². The van der Waals surface area contributed by atoms with Crippen LogP contribution >= 0.6 is 11.6 Å². The van der Waals surface area contributed by atoms with Gasteiger partial charge in [0, 0.05) is 25.2 Å². The van der Waals surface area contributed by atoms with E-state index in [2.05, 4.69) is 30.5 Å². The van der Waals surface area contributed by atoms with Crippen molar-refractivity contribution in [3.63, 3.8) is 0 Å². The minimum Gasteiger partial charge on any atom is -0.457 e. The van der Waals surface area contributed by atoms with E-state index in [9.17, 15) is 18.4 Å². The fourth-order valence-electron chi connectivity index (χ4n) is 3.40. The van der Waals surface area contributed by atoms with Crippen molar-refractivity contribution in [3.8, 4) is 11.4 Å². The zero-order chi connectivity index (χ0) is 25.8. The van der Waals surface area contributed by atoms with Crippen LogP contribution in [0.1, 0.15) is 40.2 Å². The molecule has 0 aliphatic heterocycles. The van der Waals surface area contributed by atoms with Gasteiger partial charge in [0.1, 0.15) is 17.6 Å². The first-order valence-electron chi connectivity index (χ1n) is 10.6. The second-order valence-electron chi connectivity index (χ2n) is 7.77. The summed E-state index contributed by atoms with van der Waals surface area (Å²) in [4.78, 5) is 32.7. The molecule has 4 rings (SSSR count). The second-order valence-corrected chi connectivity index (χ2v) is 8.16. The lowest BCUT2D eigenvalue weighted by Crippen LogP contribution is -2.15. The van der Waals surface area contributed by atoms with Gasteiger partial charge in [-0.25, -0.2) is 9.37 Å². The van der Waals surface area contributed by atoms with Crippen molar-refractivity contribution in [2.45, 2.75) is 25.9 Å². The van der Waals surface area contributed by atoms with Crippen molar-refractivity contribution < 1.29 is 23.1 Å². The molecule has 0 radical (unpaired) electrons. The molecule has 13 heteroatoms. The Balaban J connectivity index is 1.46. The van der Waals surface area contributed by atoms with Crippen molar-refractivity contribution >= 4 is 23.4 Å². The van der Waals surface area contributed by atoms with Gasteiger partial charge in [-0.05, 0) is 36.8 Å². The zero-order valence-electron chi connectivity index (χ0n) is 19.0. The van der Waals surface area contributed by atoms with E-state index in [-0.39, 0.29) is 29.3 Å². The molecule has 0 unspecified atom stereocenters. The summed E-state index contributed by atoms with van der Waals surface area (Å²) in [5.74, 6) is -2.59. The second kappa shape index (κ2) is 10.6. The smallest absolute Gasteiger partial charge is 0.312 e. The van der Waals surface area contributed by atoms with E-state index < -0.39 is 23.8 Å². The minimum absolute atomic E-state index is 0.0676. The molecule has 1 atom stereocenters. The summed E-state index contributed by atoms with van der Waals surface area (Å²) in [6.07, 6.45) is 2.32. The van der Waals surface area contributed by atoms with Crippen LogP contribution in [0.4, 0.5) is 8.78 Å². The molecule has 0 bridgehead atoms. The topological polar surface area (TPSA) is 126 Å². The first-order chi connectivity index (χ1) is 17.2. The highest BCUT2D eigenvalue weighted by molar-refractivity contribution is 6.29. The summed E-state index contributed by atoms with van der Waals surface area (Å²) in [6, 6.07) is 5.64. The summed E-state index contributed by atoms with van der Waals surface area (Å²) >= 11 is 5.81. The lowest BCUT2D eigenvalue weighted by Gasteiger charge is -2.14. The summed E-state index contributed by atoms with van der Waals surface area (Å²) in [6.45, 7) is 1.41. The number of hydrogen-bond acceptors (Lipinski definition) is 9. The predicted octanol–water partition coefficient (Wildman–Crippen LogP) is 3.27. The average Bonchev–Trinajstić information content (AvgIpc) is 3.20. The van der Waals surface area contributed by atoms with Gasteiger partial charge in [0.15, 0.2) is 10.9 Å². The van der Waals surface area contributed by atoms with Crippen LogP contribution in [0.15, 0.2) is 42.9 Å². The summed E-state index contributed by atoms with van der Waals surface area (Å²) < 4.78 is 34.0. The molecule has 0 aliphatic carbocycles. The average molecular weight is 514 g/mol. The molecule has 4 aromatic heterocycles. The molecule has 4 aromatic rings. The number of carbonyl (C=O) groups excluding carboxylic acids is 2. The Bertz CT molecular complexity index is 1430. The number of Topliss-reactive ketones (excluding diaryl/α,β-unsaturated/α-hetero) is 1. The number of esters is 1. The minimum atomic E-state index is -1.07. The van der Waals surface area contributed by atoms with E-state index in [0.29, 0.717) is 28.2 Å². The summed E-state index contributed by atoms with van der Waals surface area (Å²) in [5.41, 5.74) is 1.86. The first-order valence-corrected chi connectivity index (χ1v) is 10.9. The van der Waals surface area contributed by atoms with E-state index in [4.69, 9.17) is 16.3 Å². The Kier molecular flexibility index (Phi) is 7.34. The van der Waals surface area contributed by atoms with Crippen molar-refractivity contribution in [2.75, 3.05) is 0 Å². The SMILES string of the molecule is C[C@@H](OC(=O)Cc1c(-c2ccc(C(=O)Cc3cnnc(Cl)c3)cn2)nnn1C)c1cc(F)cnc1F. The standard InChI is InChI=1S/C23H18ClF2N7O3/c1-12(16-7-15(25)11-28-23(16)26)36-21(35)8-18-22(31-32-33(18)2)17-4-3-14(10-27-17)19(34)5-13-6-20(24)30-29-9-13/h3-4,6-7,9-12H,5,8H2,1-2H3/t12-/m1/s1. The number of aromatic nitrogens is 7. The van der Waals surface area contributed by atoms with Crippen LogP contribution in [0.3, 0.4) is 0 Å². The molecule has 0 N–H and O–H groups in total. The molecular weight excluding hydrogens is 496 g/mol. The van der Waals surface area contributed by atoms with Crippen molar-refractivity contribution in [1.82, 2.24) is 35.2 Å². The van der Waals surface area contributed by atoms with E-state index in [1.807, 2.05) is 0 Å². The highest BCUT2D eigenvalue weighted by Crippen LogP contribution is 2.23. The summed E-state index contributed by atoms with van der Waals surface area (Å²) in [5, 5.41) is 15.6. The van der Waals surface area contributed by atoms with Crippen LogP contribution in [0, 0.1) is 11.8 Å². The van der Waals surface area contributed by atoms with Gasteiger partial charge in [-0.2, -0.15) is 9.49 Å². The maximum absolute atomic E-state index is 13.9. The fourth-order valence-corrected chi connectivity index (χ4v) is 3.58. The highest BCUT2D eigenvalue weighted by Gasteiger charge is 2.22. The Morgan fingerprint density at radius 2 is 1.89 bits per heavy atom. The molecule has 10 nitrogen and oxygen atoms in total. The van der Waals surface area contributed by atoms with E-state index in [1.54, 1.807) is 25.2 Å². The molecule has 0 amide bonds.